The fraction of sp³-hybridized carbons (Fsp3) is 0.615. The number of nitrogens with one attached hydrogen (secondary N) is 1. The van der Waals surface area contributed by atoms with Gasteiger partial charge in [-0.05, 0) is 43.2 Å². The van der Waals surface area contributed by atoms with Crippen LogP contribution in [0.15, 0.2) is 12.3 Å². The summed E-state index contributed by atoms with van der Waals surface area (Å²) >= 11 is 0. The third-order valence-corrected chi connectivity index (χ3v) is 3.57. The van der Waals surface area contributed by atoms with Crippen LogP contribution in [0.2, 0.25) is 0 Å². The van der Waals surface area contributed by atoms with E-state index in [0.717, 1.165) is 35.4 Å². The smallest absolute Gasteiger partial charge is 0.149 e. The summed E-state index contributed by atoms with van der Waals surface area (Å²) in [6.07, 6.45) is 5.84. The van der Waals surface area contributed by atoms with Crippen LogP contribution >= 0.6 is 0 Å². The standard InChI is InChI=1S/C13H21N3/c1-9-3-4-11(7-9)8-16-13-12(14)10(2)5-6-15-13/h5-6,9,11H,3-4,7-8,14H2,1-2H3,(H,15,16). The number of aryl methyl sites for hydroxylation is 1. The quantitative estimate of drug-likeness (QED) is 0.822. The molecule has 0 bridgehead atoms. The molecule has 0 aliphatic heterocycles. The molecule has 0 aromatic carbocycles. The van der Waals surface area contributed by atoms with Crippen LogP contribution in [0, 0.1) is 18.8 Å². The van der Waals surface area contributed by atoms with E-state index in [0.29, 0.717) is 0 Å². The minimum absolute atomic E-state index is 0.786. The normalized spacial score (nSPS) is 24.6. The predicted molar refractivity (Wildman–Crippen MR) is 68.4 cm³/mol. The summed E-state index contributed by atoms with van der Waals surface area (Å²) in [5.41, 5.74) is 7.85. The summed E-state index contributed by atoms with van der Waals surface area (Å²) in [6.45, 7) is 5.35. The first kappa shape index (κ1) is 11.2. The molecule has 2 rings (SSSR count). The van der Waals surface area contributed by atoms with Crippen LogP contribution in [-0.2, 0) is 0 Å². The highest BCUT2D eigenvalue weighted by molar-refractivity contribution is 5.64. The summed E-state index contributed by atoms with van der Waals surface area (Å²) in [5, 5.41) is 3.38. The maximum atomic E-state index is 5.97. The highest BCUT2D eigenvalue weighted by atomic mass is 15.0. The fourth-order valence-electron chi connectivity index (χ4n) is 2.46. The Morgan fingerprint density at radius 1 is 1.50 bits per heavy atom. The lowest BCUT2D eigenvalue weighted by Gasteiger charge is -2.13. The van der Waals surface area contributed by atoms with Gasteiger partial charge in [0.05, 0.1) is 5.69 Å². The van der Waals surface area contributed by atoms with E-state index in [1.165, 1.54) is 19.3 Å². The van der Waals surface area contributed by atoms with E-state index < -0.39 is 0 Å². The van der Waals surface area contributed by atoms with Crippen molar-refractivity contribution in [1.29, 1.82) is 0 Å². The molecule has 1 aromatic heterocycles. The molecule has 2 unspecified atom stereocenters. The van der Waals surface area contributed by atoms with Crippen LogP contribution in [0.3, 0.4) is 0 Å². The van der Waals surface area contributed by atoms with Crippen LogP contribution in [0.25, 0.3) is 0 Å². The summed E-state index contributed by atoms with van der Waals surface area (Å²) in [5.74, 6) is 2.52. The van der Waals surface area contributed by atoms with Gasteiger partial charge >= 0.3 is 0 Å². The first-order chi connectivity index (χ1) is 7.66. The van der Waals surface area contributed by atoms with Gasteiger partial charge in [0, 0.05) is 12.7 Å². The van der Waals surface area contributed by atoms with Gasteiger partial charge in [-0.25, -0.2) is 4.98 Å². The van der Waals surface area contributed by atoms with Crippen molar-refractivity contribution in [3.05, 3.63) is 17.8 Å². The minimum Gasteiger partial charge on any atom is -0.396 e. The molecule has 3 nitrogen and oxygen atoms in total. The zero-order chi connectivity index (χ0) is 11.5. The van der Waals surface area contributed by atoms with Gasteiger partial charge in [-0.3, -0.25) is 0 Å². The number of nitrogen functional groups attached to an aromatic ring is 1. The Kier molecular flexibility index (Phi) is 3.32. The second kappa shape index (κ2) is 4.73. The molecule has 3 N–H and O–H groups in total. The Morgan fingerprint density at radius 3 is 3.00 bits per heavy atom. The third-order valence-electron chi connectivity index (χ3n) is 3.57. The maximum absolute atomic E-state index is 5.97. The second-order valence-electron chi connectivity index (χ2n) is 5.06. The largest absolute Gasteiger partial charge is 0.396 e. The molecule has 1 fully saturated rings. The van der Waals surface area contributed by atoms with Gasteiger partial charge in [-0.2, -0.15) is 0 Å². The zero-order valence-electron chi connectivity index (χ0n) is 10.2. The molecule has 1 aromatic rings. The third kappa shape index (κ3) is 2.46. The van der Waals surface area contributed by atoms with Gasteiger partial charge in [0.2, 0.25) is 0 Å². The van der Waals surface area contributed by atoms with Crippen LogP contribution < -0.4 is 11.1 Å². The number of nitrogens with two attached hydrogens (primary N) is 1. The number of hydrogen-bond acceptors (Lipinski definition) is 3. The van der Waals surface area contributed by atoms with Crippen molar-refractivity contribution in [3.63, 3.8) is 0 Å². The van der Waals surface area contributed by atoms with E-state index in [1.54, 1.807) is 0 Å². The molecule has 0 amide bonds. The van der Waals surface area contributed by atoms with Crippen molar-refractivity contribution in [2.45, 2.75) is 33.1 Å². The lowest BCUT2D eigenvalue weighted by Crippen LogP contribution is -2.14. The molecule has 88 valence electrons. The second-order valence-corrected chi connectivity index (χ2v) is 5.06. The molecule has 3 heteroatoms. The minimum atomic E-state index is 0.786. The number of pyridine rings is 1. The highest BCUT2D eigenvalue weighted by Crippen LogP contribution is 2.30. The van der Waals surface area contributed by atoms with E-state index in [9.17, 15) is 0 Å². The summed E-state index contributed by atoms with van der Waals surface area (Å²) < 4.78 is 0. The SMILES string of the molecule is Cc1ccnc(NCC2CCC(C)C2)c1N. The van der Waals surface area contributed by atoms with E-state index >= 15 is 0 Å². The summed E-state index contributed by atoms with van der Waals surface area (Å²) in [6, 6.07) is 1.94. The Morgan fingerprint density at radius 2 is 2.31 bits per heavy atom. The fourth-order valence-corrected chi connectivity index (χ4v) is 2.46. The number of rotatable bonds is 3. The maximum Gasteiger partial charge on any atom is 0.149 e. The molecule has 0 saturated heterocycles. The van der Waals surface area contributed by atoms with Crippen LogP contribution in [0.4, 0.5) is 11.5 Å². The molecule has 1 aliphatic rings. The molecule has 1 heterocycles. The molecule has 1 aliphatic carbocycles. The van der Waals surface area contributed by atoms with Crippen molar-refractivity contribution in [2.24, 2.45) is 11.8 Å². The van der Waals surface area contributed by atoms with Gasteiger partial charge in [-0.1, -0.05) is 13.3 Å². The van der Waals surface area contributed by atoms with E-state index in [4.69, 9.17) is 5.73 Å². The van der Waals surface area contributed by atoms with Gasteiger partial charge in [0.25, 0.3) is 0 Å². The van der Waals surface area contributed by atoms with Gasteiger partial charge in [0.15, 0.2) is 0 Å². The van der Waals surface area contributed by atoms with Crippen molar-refractivity contribution in [1.82, 2.24) is 4.98 Å². The Bertz CT molecular complexity index is 362. The molecule has 0 spiro atoms. The van der Waals surface area contributed by atoms with Crippen molar-refractivity contribution in [3.8, 4) is 0 Å². The average molecular weight is 219 g/mol. The Balaban J connectivity index is 1.92. The number of nitrogens with zero attached hydrogens (tertiary/aromatic N) is 1. The topological polar surface area (TPSA) is 50.9 Å². The van der Waals surface area contributed by atoms with Gasteiger partial charge < -0.3 is 11.1 Å². The first-order valence-corrected chi connectivity index (χ1v) is 6.11. The Hall–Kier alpha value is -1.25. The zero-order valence-corrected chi connectivity index (χ0v) is 10.2. The van der Waals surface area contributed by atoms with Crippen molar-refractivity contribution >= 4 is 11.5 Å². The number of anilines is 2. The first-order valence-electron chi connectivity index (χ1n) is 6.11. The van der Waals surface area contributed by atoms with E-state index in [1.807, 2.05) is 19.2 Å². The molecule has 16 heavy (non-hydrogen) atoms. The number of hydrogen-bond donors (Lipinski definition) is 2. The molecule has 0 radical (unpaired) electrons. The molecular weight excluding hydrogens is 198 g/mol. The average Bonchev–Trinajstić information content (AvgIpc) is 2.67. The lowest BCUT2D eigenvalue weighted by molar-refractivity contribution is 0.536. The van der Waals surface area contributed by atoms with Gasteiger partial charge in [0.1, 0.15) is 5.82 Å². The lowest BCUT2D eigenvalue weighted by atomic mass is 10.1. The molecule has 2 atom stereocenters. The predicted octanol–water partition coefficient (Wildman–Crippen LogP) is 2.82. The van der Waals surface area contributed by atoms with Crippen molar-refractivity contribution < 1.29 is 0 Å². The Labute approximate surface area is 97.5 Å². The van der Waals surface area contributed by atoms with E-state index in [2.05, 4.69) is 17.2 Å². The summed E-state index contributed by atoms with van der Waals surface area (Å²) in [7, 11) is 0. The van der Waals surface area contributed by atoms with E-state index in [-0.39, 0.29) is 0 Å². The van der Waals surface area contributed by atoms with Crippen LogP contribution in [0.5, 0.6) is 0 Å². The molecule has 1 saturated carbocycles. The van der Waals surface area contributed by atoms with Crippen LogP contribution in [0.1, 0.15) is 31.7 Å². The monoisotopic (exact) mass is 219 g/mol. The van der Waals surface area contributed by atoms with Crippen molar-refractivity contribution in [2.75, 3.05) is 17.6 Å². The molecular formula is C13H21N3. The highest BCUT2D eigenvalue weighted by Gasteiger charge is 2.21. The number of aromatic nitrogens is 1. The van der Waals surface area contributed by atoms with Crippen LogP contribution in [-0.4, -0.2) is 11.5 Å². The summed E-state index contributed by atoms with van der Waals surface area (Å²) in [4.78, 5) is 4.28. The van der Waals surface area contributed by atoms with Gasteiger partial charge in [-0.15, -0.1) is 0 Å².